The zero-order chi connectivity index (χ0) is 17.4. The van der Waals surface area contributed by atoms with E-state index in [9.17, 15) is 8.78 Å². The number of fused-ring (bicyclic) bond motifs is 2. The Morgan fingerprint density at radius 3 is 1.92 bits per heavy atom. The molecule has 6 heteroatoms. The zero-order valence-corrected chi connectivity index (χ0v) is 14.5. The van der Waals surface area contributed by atoms with Crippen LogP contribution in [0.5, 0.6) is 0 Å². The van der Waals surface area contributed by atoms with Crippen LogP contribution in [0, 0.1) is 11.6 Å². The Bertz CT molecular complexity index is 915. The van der Waals surface area contributed by atoms with Gasteiger partial charge in [-0.2, -0.15) is 0 Å². The molecule has 0 unspecified atom stereocenters. The molecule has 1 aliphatic rings. The highest BCUT2D eigenvalue weighted by molar-refractivity contribution is 9.10. The van der Waals surface area contributed by atoms with Crippen LogP contribution < -0.4 is 4.90 Å². The average Bonchev–Trinajstić information content (AvgIpc) is 2.75. The van der Waals surface area contributed by atoms with Crippen molar-refractivity contribution in [3.05, 3.63) is 81.6 Å². The van der Waals surface area contributed by atoms with Crippen molar-refractivity contribution in [2.75, 3.05) is 4.90 Å². The molecule has 0 radical (unpaired) electrons. The maximum Gasteiger partial charge on any atom is 0.141 e. The molecule has 2 aromatic heterocycles. The number of aromatic nitrogens is 2. The smallest absolute Gasteiger partial charge is 0.141 e. The van der Waals surface area contributed by atoms with E-state index in [4.69, 9.17) is 0 Å². The number of anilines is 2. The minimum Gasteiger partial charge on any atom is -0.305 e. The lowest BCUT2D eigenvalue weighted by atomic mass is 10.1. The second-order valence-corrected chi connectivity index (χ2v) is 6.52. The van der Waals surface area contributed by atoms with E-state index in [1.54, 1.807) is 17.3 Å². The van der Waals surface area contributed by atoms with Gasteiger partial charge < -0.3 is 4.90 Å². The van der Waals surface area contributed by atoms with E-state index in [1.165, 1.54) is 12.1 Å². The monoisotopic (exact) mass is 399 g/mol. The molecule has 3 nitrogen and oxygen atoms in total. The number of hydrogen-bond donors (Lipinski definition) is 0. The van der Waals surface area contributed by atoms with Crippen LogP contribution in [0.1, 0.15) is 16.7 Å². The maximum absolute atomic E-state index is 14.4. The summed E-state index contributed by atoms with van der Waals surface area (Å²) in [6.45, 7) is -0.0132. The van der Waals surface area contributed by atoms with Gasteiger partial charge in [0, 0.05) is 33.6 Å². The third-order valence-electron chi connectivity index (χ3n) is 4.01. The first kappa shape index (κ1) is 15.9. The van der Waals surface area contributed by atoms with Crippen molar-refractivity contribution < 1.29 is 8.78 Å². The first-order valence-electron chi connectivity index (χ1n) is 7.62. The van der Waals surface area contributed by atoms with Crippen LogP contribution in [-0.4, -0.2) is 9.97 Å². The molecule has 3 aromatic rings. The molecule has 0 amide bonds. The SMILES string of the molecule is Fc1cc(Br)cc(F)c1CN1c2ncccc2C=Cc2cccnc21. The van der Waals surface area contributed by atoms with Crippen LogP contribution in [0.2, 0.25) is 0 Å². The molecule has 0 spiro atoms. The van der Waals surface area contributed by atoms with Gasteiger partial charge in [-0.15, -0.1) is 0 Å². The Kier molecular flexibility index (Phi) is 4.05. The molecule has 4 rings (SSSR count). The number of halogens is 3. The Labute approximate surface area is 151 Å². The van der Waals surface area contributed by atoms with Crippen LogP contribution in [-0.2, 0) is 6.54 Å². The minimum atomic E-state index is -0.612. The normalized spacial score (nSPS) is 12.5. The number of hydrogen-bond acceptors (Lipinski definition) is 3. The van der Waals surface area contributed by atoms with E-state index >= 15 is 0 Å². The Balaban J connectivity index is 1.88. The van der Waals surface area contributed by atoms with Gasteiger partial charge in [0.05, 0.1) is 6.54 Å². The van der Waals surface area contributed by atoms with Crippen molar-refractivity contribution in [1.82, 2.24) is 9.97 Å². The summed E-state index contributed by atoms with van der Waals surface area (Å²) >= 11 is 3.11. The lowest BCUT2D eigenvalue weighted by Gasteiger charge is -2.25. The summed E-state index contributed by atoms with van der Waals surface area (Å²) in [5, 5.41) is 0. The fourth-order valence-electron chi connectivity index (χ4n) is 2.84. The highest BCUT2D eigenvalue weighted by atomic mass is 79.9. The third kappa shape index (κ3) is 2.93. The third-order valence-corrected chi connectivity index (χ3v) is 4.47. The molecular weight excluding hydrogens is 388 g/mol. The minimum absolute atomic E-state index is 0.0132. The van der Waals surface area contributed by atoms with Crippen molar-refractivity contribution in [3.63, 3.8) is 0 Å². The summed E-state index contributed by atoms with van der Waals surface area (Å²) in [5.74, 6) is -0.00563. The Hall–Kier alpha value is -2.60. The second kappa shape index (κ2) is 6.37. The van der Waals surface area contributed by atoms with Crippen LogP contribution in [0.15, 0.2) is 53.3 Å². The Morgan fingerprint density at radius 2 is 1.40 bits per heavy atom. The molecule has 25 heavy (non-hydrogen) atoms. The van der Waals surface area contributed by atoms with E-state index < -0.39 is 11.6 Å². The molecule has 0 bridgehead atoms. The molecule has 1 aromatic carbocycles. The summed E-state index contributed by atoms with van der Waals surface area (Å²) in [5.41, 5.74) is 1.69. The largest absolute Gasteiger partial charge is 0.305 e. The van der Waals surface area contributed by atoms with E-state index in [1.807, 2.05) is 36.4 Å². The Morgan fingerprint density at radius 1 is 0.880 bits per heavy atom. The highest BCUT2D eigenvalue weighted by Gasteiger charge is 2.23. The summed E-state index contributed by atoms with van der Waals surface area (Å²) in [7, 11) is 0. The predicted molar refractivity (Wildman–Crippen MR) is 97.3 cm³/mol. The van der Waals surface area contributed by atoms with Crippen LogP contribution in [0.4, 0.5) is 20.4 Å². The number of rotatable bonds is 2. The first-order valence-corrected chi connectivity index (χ1v) is 8.42. The fourth-order valence-corrected chi connectivity index (χ4v) is 3.24. The second-order valence-electron chi connectivity index (χ2n) is 5.60. The van der Waals surface area contributed by atoms with Gasteiger partial charge in [-0.05, 0) is 36.4 Å². The first-order chi connectivity index (χ1) is 12.1. The summed E-state index contributed by atoms with van der Waals surface area (Å²) in [4.78, 5) is 10.6. The molecule has 0 N–H and O–H groups in total. The van der Waals surface area contributed by atoms with Crippen LogP contribution in [0.3, 0.4) is 0 Å². The number of pyridine rings is 2. The van der Waals surface area contributed by atoms with Gasteiger partial charge in [0.1, 0.15) is 23.3 Å². The number of benzene rings is 1. The molecule has 0 aliphatic carbocycles. The lowest BCUT2D eigenvalue weighted by Crippen LogP contribution is -2.21. The topological polar surface area (TPSA) is 29.0 Å². The van der Waals surface area contributed by atoms with Gasteiger partial charge >= 0.3 is 0 Å². The van der Waals surface area contributed by atoms with Gasteiger partial charge in [0.25, 0.3) is 0 Å². The highest BCUT2D eigenvalue weighted by Crippen LogP contribution is 2.35. The van der Waals surface area contributed by atoms with E-state index in [-0.39, 0.29) is 12.1 Å². The van der Waals surface area contributed by atoms with Crippen molar-refractivity contribution in [2.45, 2.75) is 6.54 Å². The van der Waals surface area contributed by atoms with Gasteiger partial charge in [-0.25, -0.2) is 18.7 Å². The molecule has 1 aliphatic heterocycles. The van der Waals surface area contributed by atoms with Crippen LogP contribution in [0.25, 0.3) is 12.2 Å². The maximum atomic E-state index is 14.4. The standard InChI is InChI=1S/C19H12BrF2N3/c20-14-9-16(21)15(17(22)10-14)11-25-18-12(3-1-7-23-18)5-6-13-4-2-8-24-19(13)25/h1-10H,11H2. The molecule has 0 saturated heterocycles. The molecule has 124 valence electrons. The van der Waals surface area contributed by atoms with E-state index in [0.29, 0.717) is 16.1 Å². The predicted octanol–water partition coefficient (Wildman–Crippen LogP) is 5.34. The van der Waals surface area contributed by atoms with Gasteiger partial charge in [-0.3, -0.25) is 0 Å². The van der Waals surface area contributed by atoms with Crippen molar-refractivity contribution in [2.24, 2.45) is 0 Å². The van der Waals surface area contributed by atoms with Crippen molar-refractivity contribution >= 4 is 39.7 Å². The van der Waals surface area contributed by atoms with Crippen molar-refractivity contribution in [3.8, 4) is 0 Å². The van der Waals surface area contributed by atoms with E-state index in [0.717, 1.165) is 11.1 Å². The zero-order valence-electron chi connectivity index (χ0n) is 13.0. The van der Waals surface area contributed by atoms with E-state index in [2.05, 4.69) is 25.9 Å². The molecule has 0 fully saturated rings. The van der Waals surface area contributed by atoms with Gasteiger partial charge in [-0.1, -0.05) is 28.1 Å². The molecule has 0 saturated carbocycles. The molecular formula is C19H12BrF2N3. The van der Waals surface area contributed by atoms with Gasteiger partial charge in [0.15, 0.2) is 0 Å². The lowest BCUT2D eigenvalue weighted by molar-refractivity contribution is 0.553. The average molecular weight is 400 g/mol. The fraction of sp³-hybridized carbons (Fsp3) is 0.0526. The summed E-state index contributed by atoms with van der Waals surface area (Å²) in [6, 6.07) is 9.98. The summed E-state index contributed by atoms with van der Waals surface area (Å²) < 4.78 is 29.1. The summed E-state index contributed by atoms with van der Waals surface area (Å²) in [6.07, 6.45) is 7.16. The van der Waals surface area contributed by atoms with Crippen molar-refractivity contribution in [1.29, 1.82) is 0 Å². The van der Waals surface area contributed by atoms with Gasteiger partial charge in [0.2, 0.25) is 0 Å². The quantitative estimate of drug-likeness (QED) is 0.582. The molecule has 0 atom stereocenters. The number of nitrogens with zero attached hydrogens (tertiary/aromatic N) is 3. The molecule has 3 heterocycles. The van der Waals surface area contributed by atoms with Crippen LogP contribution >= 0.6 is 15.9 Å².